The minimum absolute atomic E-state index is 0.0923. The molecule has 2 N–H and O–H groups in total. The van der Waals surface area contributed by atoms with Gasteiger partial charge in [0.15, 0.2) is 0 Å². The molecule has 0 radical (unpaired) electrons. The largest absolute Gasteiger partial charge is 0.480 e. The quantitative estimate of drug-likeness (QED) is 0.807. The van der Waals surface area contributed by atoms with Gasteiger partial charge in [0.25, 0.3) is 0 Å². The molecule has 2 rings (SSSR count). The van der Waals surface area contributed by atoms with E-state index in [1.165, 1.54) is 12.2 Å². The van der Waals surface area contributed by atoms with Crippen molar-refractivity contribution in [2.75, 3.05) is 13.1 Å². The summed E-state index contributed by atoms with van der Waals surface area (Å²) in [6.07, 6.45) is 2.76. The van der Waals surface area contributed by atoms with Gasteiger partial charge in [-0.2, -0.15) is 0 Å². The molecule has 0 bridgehead atoms. The van der Waals surface area contributed by atoms with Crippen molar-refractivity contribution in [3.63, 3.8) is 0 Å². The minimum atomic E-state index is -1.15. The Kier molecular flexibility index (Phi) is 4.59. The van der Waals surface area contributed by atoms with Gasteiger partial charge < -0.3 is 15.3 Å². The highest BCUT2D eigenvalue weighted by Crippen LogP contribution is 2.13. The summed E-state index contributed by atoms with van der Waals surface area (Å²) in [7, 11) is 0. The van der Waals surface area contributed by atoms with Crippen molar-refractivity contribution in [3.8, 4) is 0 Å². The Morgan fingerprint density at radius 3 is 2.86 bits per heavy atom. The number of nitrogens with one attached hydrogen (secondary N) is 1. The summed E-state index contributed by atoms with van der Waals surface area (Å²) < 4.78 is 0. The monoisotopic (exact) mass is 308 g/mol. The van der Waals surface area contributed by atoms with Gasteiger partial charge in [0.2, 0.25) is 11.8 Å². The predicted molar refractivity (Wildman–Crippen MR) is 76.6 cm³/mol. The summed E-state index contributed by atoms with van der Waals surface area (Å²) in [4.78, 5) is 35.5. The van der Waals surface area contributed by atoms with E-state index in [-0.39, 0.29) is 19.0 Å². The first-order valence-corrected chi connectivity index (χ1v) is 6.59. The van der Waals surface area contributed by atoms with Crippen LogP contribution in [0.4, 0.5) is 0 Å². The van der Waals surface area contributed by atoms with Crippen LogP contribution in [0.25, 0.3) is 6.08 Å². The number of halogens is 1. The lowest BCUT2D eigenvalue weighted by atomic mass is 10.1. The number of carboxylic acid groups (broad SMARTS) is 1. The second-order valence-corrected chi connectivity index (χ2v) is 4.95. The van der Waals surface area contributed by atoms with Crippen molar-refractivity contribution in [2.24, 2.45) is 0 Å². The normalized spacial score (nSPS) is 18.6. The summed E-state index contributed by atoms with van der Waals surface area (Å²) in [5.41, 5.74) is 0.712. The number of carboxylic acids is 1. The molecule has 1 atom stereocenters. The second-order valence-electron chi connectivity index (χ2n) is 4.51. The first-order chi connectivity index (χ1) is 9.97. The van der Waals surface area contributed by atoms with Crippen molar-refractivity contribution in [1.82, 2.24) is 10.2 Å². The van der Waals surface area contributed by atoms with Crippen LogP contribution >= 0.6 is 11.6 Å². The third kappa shape index (κ3) is 3.82. The minimum Gasteiger partial charge on any atom is -0.480 e. The Balaban J connectivity index is 2.13. The first-order valence-electron chi connectivity index (χ1n) is 6.21. The van der Waals surface area contributed by atoms with Crippen LogP contribution in [-0.2, 0) is 14.4 Å². The van der Waals surface area contributed by atoms with Gasteiger partial charge in [-0.05, 0) is 23.8 Å². The van der Waals surface area contributed by atoms with E-state index in [0.717, 1.165) is 4.90 Å². The molecule has 1 saturated heterocycles. The Labute approximate surface area is 126 Å². The number of rotatable bonds is 3. The Morgan fingerprint density at radius 2 is 2.19 bits per heavy atom. The van der Waals surface area contributed by atoms with Crippen LogP contribution in [0.5, 0.6) is 0 Å². The number of amides is 2. The van der Waals surface area contributed by atoms with E-state index in [4.69, 9.17) is 16.7 Å². The number of piperazine rings is 1. The molecule has 1 unspecified atom stereocenters. The fourth-order valence-electron chi connectivity index (χ4n) is 1.97. The van der Waals surface area contributed by atoms with Crippen LogP contribution in [0.1, 0.15) is 5.56 Å². The molecule has 0 saturated carbocycles. The van der Waals surface area contributed by atoms with Crippen LogP contribution in [0.15, 0.2) is 30.3 Å². The smallest absolute Gasteiger partial charge is 0.328 e. The number of hydrogen-bond acceptors (Lipinski definition) is 3. The fourth-order valence-corrected chi connectivity index (χ4v) is 2.17. The second kappa shape index (κ2) is 6.41. The average molecular weight is 309 g/mol. The van der Waals surface area contributed by atoms with Crippen molar-refractivity contribution >= 4 is 35.5 Å². The SMILES string of the molecule is O=C1CN(C(=O)/C=C/c2cccc(Cl)c2)C(C(=O)O)CN1. The van der Waals surface area contributed by atoms with Gasteiger partial charge in [-0.1, -0.05) is 23.7 Å². The Hall–Kier alpha value is -2.34. The Bertz CT molecular complexity index is 615. The molecular formula is C14H13ClN2O4. The van der Waals surface area contributed by atoms with E-state index in [1.807, 2.05) is 0 Å². The third-order valence-electron chi connectivity index (χ3n) is 3.02. The van der Waals surface area contributed by atoms with Gasteiger partial charge in [0.1, 0.15) is 12.6 Å². The molecule has 1 fully saturated rings. The van der Waals surface area contributed by atoms with Crippen LogP contribution in [0, 0.1) is 0 Å². The van der Waals surface area contributed by atoms with E-state index in [2.05, 4.69) is 5.32 Å². The first kappa shape index (κ1) is 15.1. The standard InChI is InChI=1S/C14H13ClN2O4/c15-10-3-1-2-9(6-10)4-5-13(19)17-8-12(18)16-7-11(17)14(20)21/h1-6,11H,7-8H2,(H,16,18)(H,20,21)/b5-4+. The average Bonchev–Trinajstić information content (AvgIpc) is 2.44. The Morgan fingerprint density at radius 1 is 1.43 bits per heavy atom. The van der Waals surface area contributed by atoms with Crippen LogP contribution < -0.4 is 5.32 Å². The van der Waals surface area contributed by atoms with E-state index in [9.17, 15) is 14.4 Å². The summed E-state index contributed by atoms with van der Waals surface area (Å²) in [5.74, 6) is -2.06. The topological polar surface area (TPSA) is 86.7 Å². The van der Waals surface area contributed by atoms with E-state index >= 15 is 0 Å². The number of hydrogen-bond donors (Lipinski definition) is 2. The van der Waals surface area contributed by atoms with Crippen molar-refractivity contribution in [3.05, 3.63) is 40.9 Å². The molecule has 1 aromatic rings. The molecular weight excluding hydrogens is 296 g/mol. The zero-order chi connectivity index (χ0) is 15.4. The molecule has 7 heteroatoms. The van der Waals surface area contributed by atoms with Crippen LogP contribution in [-0.4, -0.2) is 46.9 Å². The number of aliphatic carboxylic acids is 1. The molecule has 6 nitrogen and oxygen atoms in total. The summed E-state index contributed by atoms with van der Waals surface area (Å²) in [6.45, 7) is -0.361. The van der Waals surface area contributed by atoms with Gasteiger partial charge in [0, 0.05) is 17.6 Å². The third-order valence-corrected chi connectivity index (χ3v) is 3.25. The lowest BCUT2D eigenvalue weighted by molar-refractivity contribution is -0.152. The van der Waals surface area contributed by atoms with E-state index in [1.54, 1.807) is 24.3 Å². The maximum atomic E-state index is 12.1. The molecule has 1 aliphatic heterocycles. The molecule has 1 heterocycles. The van der Waals surface area contributed by atoms with E-state index < -0.39 is 17.9 Å². The zero-order valence-electron chi connectivity index (χ0n) is 11.0. The summed E-state index contributed by atoms with van der Waals surface area (Å²) >= 11 is 5.83. The van der Waals surface area contributed by atoms with Crippen LogP contribution in [0.2, 0.25) is 5.02 Å². The van der Waals surface area contributed by atoms with Gasteiger partial charge in [-0.25, -0.2) is 4.79 Å². The number of carbonyl (C=O) groups excluding carboxylic acids is 2. The highest BCUT2D eigenvalue weighted by Gasteiger charge is 2.34. The lowest BCUT2D eigenvalue weighted by Gasteiger charge is -2.31. The molecule has 110 valence electrons. The maximum absolute atomic E-state index is 12.1. The predicted octanol–water partition coefficient (Wildman–Crippen LogP) is 0.765. The van der Waals surface area contributed by atoms with Gasteiger partial charge in [-0.3, -0.25) is 9.59 Å². The van der Waals surface area contributed by atoms with Crippen LogP contribution in [0.3, 0.4) is 0 Å². The zero-order valence-corrected chi connectivity index (χ0v) is 11.7. The lowest BCUT2D eigenvalue weighted by Crippen LogP contribution is -2.59. The molecule has 1 aromatic carbocycles. The molecule has 0 aliphatic carbocycles. The van der Waals surface area contributed by atoms with E-state index in [0.29, 0.717) is 10.6 Å². The summed E-state index contributed by atoms with van der Waals surface area (Å²) in [5, 5.41) is 12.0. The maximum Gasteiger partial charge on any atom is 0.328 e. The summed E-state index contributed by atoms with van der Waals surface area (Å²) in [6, 6.07) is 5.81. The van der Waals surface area contributed by atoms with Gasteiger partial charge in [-0.15, -0.1) is 0 Å². The highest BCUT2D eigenvalue weighted by atomic mass is 35.5. The number of carbonyl (C=O) groups is 3. The number of nitrogens with zero attached hydrogens (tertiary/aromatic N) is 1. The molecule has 0 spiro atoms. The van der Waals surface area contributed by atoms with Gasteiger partial charge >= 0.3 is 5.97 Å². The van der Waals surface area contributed by atoms with Crippen molar-refractivity contribution in [2.45, 2.75) is 6.04 Å². The molecule has 0 aromatic heterocycles. The fraction of sp³-hybridized carbons (Fsp3) is 0.214. The van der Waals surface area contributed by atoms with Gasteiger partial charge in [0.05, 0.1) is 0 Å². The van der Waals surface area contributed by atoms with Crippen molar-refractivity contribution < 1.29 is 19.5 Å². The molecule has 21 heavy (non-hydrogen) atoms. The number of benzene rings is 1. The highest BCUT2D eigenvalue weighted by molar-refractivity contribution is 6.30. The molecule has 2 amide bonds. The molecule has 1 aliphatic rings. The van der Waals surface area contributed by atoms with Crippen molar-refractivity contribution in [1.29, 1.82) is 0 Å².